The van der Waals surface area contributed by atoms with Crippen molar-refractivity contribution in [3.63, 3.8) is 0 Å². The number of ether oxygens (including phenoxy) is 3. The third-order valence-electron chi connectivity index (χ3n) is 10.4. The van der Waals surface area contributed by atoms with Crippen LogP contribution < -0.4 is 9.47 Å². The second-order valence-electron chi connectivity index (χ2n) is 15.0. The van der Waals surface area contributed by atoms with Gasteiger partial charge in [-0.25, -0.2) is 4.98 Å². The summed E-state index contributed by atoms with van der Waals surface area (Å²) in [6.07, 6.45) is 5.10. The SMILES string of the molecule is C=CC1CC1(CC(=O)[C@@H]1C[C@@H]2CN1C(=O)[C@H](C(C)(C)C)CC(=O)OC[C@@H](C)CCCc1cc3c(nccc3cc1OC)O2)P(=O)(O)OCC. The topological polar surface area (TPSA) is 142 Å². The molecule has 4 bridgehead atoms. The number of ketones is 1. The molecule has 1 aliphatic carbocycles. The van der Waals surface area contributed by atoms with Crippen molar-refractivity contribution in [2.75, 3.05) is 26.9 Å². The molecule has 3 aliphatic rings. The molecule has 3 unspecified atom stereocenters. The molecule has 2 fully saturated rings. The Morgan fingerprint density at radius 2 is 2.04 bits per heavy atom. The molecule has 1 aromatic carbocycles. The Morgan fingerprint density at radius 3 is 2.69 bits per heavy atom. The molecule has 1 saturated heterocycles. The second-order valence-corrected chi connectivity index (χ2v) is 17.2. The van der Waals surface area contributed by atoms with Gasteiger partial charge in [0.25, 0.3) is 0 Å². The Morgan fingerprint density at radius 1 is 1.29 bits per heavy atom. The predicted octanol–water partition coefficient (Wildman–Crippen LogP) is 6.29. The van der Waals surface area contributed by atoms with Crippen molar-refractivity contribution in [1.82, 2.24) is 9.88 Å². The molecule has 0 spiro atoms. The van der Waals surface area contributed by atoms with Crippen LogP contribution in [0.25, 0.3) is 10.8 Å². The number of nitrogens with zero attached hydrogens (tertiary/aromatic N) is 2. The van der Waals surface area contributed by atoms with E-state index < -0.39 is 42.2 Å². The Bertz CT molecular complexity index is 1640. The molecule has 2 aliphatic heterocycles. The molecule has 1 N–H and O–H groups in total. The first kappa shape index (κ1) is 37.0. The third kappa shape index (κ3) is 7.74. The standard InChI is InChI=1S/C37H51N2O9P/c1-8-26-19-37(26,49(43,44)47-9-2)20-31(40)30-17-27-21-39(30)35(42)29(36(4,5)6)18-33(41)46-22-23(3)11-10-12-25-15-28-24(16-32(25)45-7)13-14-38-34(28)48-27/h8,13-16,23,26-27,29-30H,1,9-12,17-22H2,2-7H3,(H,43,44)/t23-,26?,27+,29+,30-,37?/m0/s1. The van der Waals surface area contributed by atoms with Crippen molar-refractivity contribution < 1.29 is 42.6 Å². The number of carbonyl (C=O) groups excluding carboxylic acids is 3. The van der Waals surface area contributed by atoms with Gasteiger partial charge in [0.2, 0.25) is 11.8 Å². The van der Waals surface area contributed by atoms with Gasteiger partial charge in [0.05, 0.1) is 50.4 Å². The normalized spacial score (nSPS) is 29.4. The van der Waals surface area contributed by atoms with Crippen molar-refractivity contribution in [3.8, 4) is 11.6 Å². The Kier molecular flexibility index (Phi) is 11.0. The number of benzene rings is 1. The molecule has 3 heterocycles. The van der Waals surface area contributed by atoms with Gasteiger partial charge in [0.1, 0.15) is 11.9 Å². The van der Waals surface area contributed by atoms with Crippen LogP contribution in [0, 0.1) is 23.2 Å². The zero-order valence-electron chi connectivity index (χ0n) is 29.6. The zero-order chi connectivity index (χ0) is 35.7. The molecule has 268 valence electrons. The number of hydrogen-bond donors (Lipinski definition) is 1. The lowest BCUT2D eigenvalue weighted by molar-refractivity contribution is -0.153. The van der Waals surface area contributed by atoms with Crippen LogP contribution in [0.4, 0.5) is 0 Å². The molecule has 12 heteroatoms. The number of aromatic nitrogens is 1. The summed E-state index contributed by atoms with van der Waals surface area (Å²) in [6, 6.07) is 4.93. The van der Waals surface area contributed by atoms with Crippen molar-refractivity contribution in [2.45, 2.75) is 96.9 Å². The molecule has 5 rings (SSSR count). The Balaban J connectivity index is 1.54. The number of esters is 1. The van der Waals surface area contributed by atoms with E-state index in [0.717, 1.165) is 41.3 Å². The molecule has 7 atom stereocenters. The van der Waals surface area contributed by atoms with Gasteiger partial charge in [-0.2, -0.15) is 0 Å². The van der Waals surface area contributed by atoms with E-state index in [0.29, 0.717) is 5.88 Å². The van der Waals surface area contributed by atoms with Crippen LogP contribution in [0.15, 0.2) is 37.1 Å². The van der Waals surface area contributed by atoms with Crippen LogP contribution in [0.5, 0.6) is 11.6 Å². The lowest BCUT2D eigenvalue weighted by Gasteiger charge is -2.35. The number of rotatable bonds is 8. The van der Waals surface area contributed by atoms with E-state index >= 15 is 0 Å². The van der Waals surface area contributed by atoms with Crippen LogP contribution in [0.1, 0.15) is 78.7 Å². The summed E-state index contributed by atoms with van der Waals surface area (Å²) in [7, 11) is -2.55. The van der Waals surface area contributed by atoms with Crippen LogP contribution in [-0.4, -0.2) is 76.6 Å². The van der Waals surface area contributed by atoms with Crippen LogP contribution in [0.2, 0.25) is 0 Å². The van der Waals surface area contributed by atoms with Gasteiger partial charge in [-0.3, -0.25) is 18.9 Å². The lowest BCUT2D eigenvalue weighted by Crippen LogP contribution is -2.48. The molecular weight excluding hydrogens is 647 g/mol. The minimum atomic E-state index is -4.19. The minimum absolute atomic E-state index is 0.0191. The molecule has 1 aromatic heterocycles. The van der Waals surface area contributed by atoms with Crippen LogP contribution in [0.3, 0.4) is 0 Å². The van der Waals surface area contributed by atoms with E-state index in [9.17, 15) is 23.8 Å². The number of cyclic esters (lactones) is 1. The van der Waals surface area contributed by atoms with Crippen molar-refractivity contribution in [2.24, 2.45) is 23.2 Å². The van der Waals surface area contributed by atoms with Crippen molar-refractivity contribution in [1.29, 1.82) is 0 Å². The van der Waals surface area contributed by atoms with Gasteiger partial charge in [-0.15, -0.1) is 6.58 Å². The maximum absolute atomic E-state index is 14.5. The lowest BCUT2D eigenvalue weighted by atomic mass is 9.77. The average Bonchev–Trinajstić information content (AvgIpc) is 3.61. The van der Waals surface area contributed by atoms with E-state index in [1.807, 2.05) is 45.9 Å². The van der Waals surface area contributed by atoms with E-state index in [2.05, 4.69) is 11.6 Å². The number of pyridine rings is 1. The number of fused-ring (bicyclic) bond motifs is 3. The Hall–Kier alpha value is -3.27. The van der Waals surface area contributed by atoms with Gasteiger partial charge in [0, 0.05) is 24.4 Å². The Labute approximate surface area is 289 Å². The molecule has 0 radical (unpaired) electrons. The van der Waals surface area contributed by atoms with E-state index in [1.165, 1.54) is 4.90 Å². The van der Waals surface area contributed by atoms with E-state index in [4.69, 9.17) is 18.7 Å². The first-order valence-corrected chi connectivity index (χ1v) is 18.9. The summed E-state index contributed by atoms with van der Waals surface area (Å²) < 4.78 is 36.7. The summed E-state index contributed by atoms with van der Waals surface area (Å²) in [5.41, 5.74) is 0.361. The molecule has 2 aromatic rings. The predicted molar refractivity (Wildman–Crippen MR) is 186 cm³/mol. The van der Waals surface area contributed by atoms with Gasteiger partial charge in [-0.05, 0) is 79.0 Å². The van der Waals surface area contributed by atoms with Gasteiger partial charge in [-0.1, -0.05) is 33.8 Å². The van der Waals surface area contributed by atoms with Crippen molar-refractivity contribution in [3.05, 3.63) is 42.6 Å². The average molecular weight is 699 g/mol. The van der Waals surface area contributed by atoms with Gasteiger partial charge < -0.3 is 28.5 Å². The molecule has 1 saturated carbocycles. The summed E-state index contributed by atoms with van der Waals surface area (Å²) >= 11 is 0. The fourth-order valence-corrected chi connectivity index (χ4v) is 9.33. The summed E-state index contributed by atoms with van der Waals surface area (Å²) in [5.74, 6) is -1.08. The molecule has 49 heavy (non-hydrogen) atoms. The van der Waals surface area contributed by atoms with Crippen molar-refractivity contribution >= 4 is 36.0 Å². The largest absolute Gasteiger partial charge is 0.496 e. The van der Waals surface area contributed by atoms with Gasteiger partial charge >= 0.3 is 13.6 Å². The highest BCUT2D eigenvalue weighted by atomic mass is 31.2. The first-order chi connectivity index (χ1) is 23.1. The van der Waals surface area contributed by atoms with Crippen LogP contribution >= 0.6 is 7.60 Å². The number of hydrogen-bond acceptors (Lipinski definition) is 9. The smallest absolute Gasteiger partial charge is 0.335 e. The number of Topliss-reactive ketones (excluding diaryl/α,β-unsaturated/α-hetero) is 1. The fourth-order valence-electron chi connectivity index (χ4n) is 7.41. The highest BCUT2D eigenvalue weighted by molar-refractivity contribution is 7.55. The number of methoxy groups -OCH3 is 1. The highest BCUT2D eigenvalue weighted by Crippen LogP contribution is 2.73. The molecule has 11 nitrogen and oxygen atoms in total. The van der Waals surface area contributed by atoms with E-state index in [1.54, 1.807) is 26.3 Å². The monoisotopic (exact) mass is 698 g/mol. The molecule has 1 amide bonds. The minimum Gasteiger partial charge on any atom is -0.496 e. The first-order valence-electron chi connectivity index (χ1n) is 17.3. The summed E-state index contributed by atoms with van der Waals surface area (Å²) in [4.78, 5) is 59.0. The number of carbonyl (C=O) groups is 3. The highest BCUT2D eigenvalue weighted by Gasteiger charge is 2.66. The fraction of sp³-hybridized carbons (Fsp3) is 0.622. The zero-order valence-corrected chi connectivity index (χ0v) is 30.5. The number of aryl methyl sites for hydroxylation is 1. The maximum Gasteiger partial charge on any atom is 0.335 e. The summed E-state index contributed by atoms with van der Waals surface area (Å²) in [5, 5.41) is 0.385. The summed E-state index contributed by atoms with van der Waals surface area (Å²) in [6.45, 7) is 13.5. The van der Waals surface area contributed by atoms with E-state index in [-0.39, 0.29) is 69.0 Å². The van der Waals surface area contributed by atoms with Crippen LogP contribution in [-0.2, 0) is 34.6 Å². The second kappa shape index (κ2) is 14.5. The van der Waals surface area contributed by atoms with Gasteiger partial charge in [0.15, 0.2) is 5.78 Å². The third-order valence-corrected chi connectivity index (χ3v) is 12.9. The number of allylic oxidation sites excluding steroid dienone is 1. The molecular formula is C37H51N2O9P. The maximum atomic E-state index is 14.5. The number of amides is 1. The quantitative estimate of drug-likeness (QED) is 0.190.